The number of benzene rings is 1. The maximum Gasteiger partial charge on any atom is 0.226 e. The minimum absolute atomic E-state index is 0.164. The summed E-state index contributed by atoms with van der Waals surface area (Å²) in [6, 6.07) is 10.4. The van der Waals surface area contributed by atoms with E-state index in [4.69, 9.17) is 14.2 Å². The molecule has 0 fully saturated rings. The van der Waals surface area contributed by atoms with Gasteiger partial charge in [-0.2, -0.15) is 0 Å². The quantitative estimate of drug-likeness (QED) is 0.191. The van der Waals surface area contributed by atoms with Crippen molar-refractivity contribution in [2.24, 2.45) is 0 Å². The van der Waals surface area contributed by atoms with E-state index in [1.807, 2.05) is 29.6 Å². The average Bonchev–Trinajstić information content (AvgIpc) is 3.38. The van der Waals surface area contributed by atoms with Crippen LogP contribution in [-0.2, 0) is 16.0 Å². The van der Waals surface area contributed by atoms with Crippen LogP contribution in [0.15, 0.2) is 59.0 Å². The van der Waals surface area contributed by atoms with Gasteiger partial charge in [0.2, 0.25) is 23.0 Å². The van der Waals surface area contributed by atoms with E-state index in [0.29, 0.717) is 59.4 Å². The molecule has 234 valence electrons. The maximum atomic E-state index is 13.5. The van der Waals surface area contributed by atoms with Crippen molar-refractivity contribution >= 4 is 34.0 Å². The highest BCUT2D eigenvalue weighted by molar-refractivity contribution is 7.14. The van der Waals surface area contributed by atoms with Crippen molar-refractivity contribution in [1.82, 2.24) is 15.3 Å². The maximum absolute atomic E-state index is 13.5. The highest BCUT2D eigenvalue weighted by Crippen LogP contribution is 2.50. The van der Waals surface area contributed by atoms with E-state index < -0.39 is 6.04 Å². The van der Waals surface area contributed by atoms with Crippen LogP contribution < -0.4 is 35.6 Å². The number of methoxy groups -OCH3 is 3. The van der Waals surface area contributed by atoms with Crippen LogP contribution in [0.4, 0.5) is 10.8 Å². The SMILES string of the molecule is COc1cc2c(c(OC)c1OC)-c1ccc(NCCCC(=O)Nc3nc(-c4cccnc4)cs3)c(=O)cc1[C@H](NC(C)=O)CC2. The normalized spacial score (nSPS) is 13.5. The largest absolute Gasteiger partial charge is 0.493 e. The third kappa shape index (κ3) is 7.07. The van der Waals surface area contributed by atoms with Gasteiger partial charge in [-0.25, -0.2) is 4.98 Å². The molecule has 2 heterocycles. The summed E-state index contributed by atoms with van der Waals surface area (Å²) in [5.74, 6) is 1.11. The number of hydrogen-bond donors (Lipinski definition) is 3. The van der Waals surface area contributed by atoms with Gasteiger partial charge in [-0.3, -0.25) is 19.4 Å². The zero-order valence-corrected chi connectivity index (χ0v) is 26.4. The molecule has 5 rings (SSSR count). The Labute approximate surface area is 265 Å². The number of pyridine rings is 1. The Morgan fingerprint density at radius 3 is 2.60 bits per heavy atom. The van der Waals surface area contributed by atoms with Crippen LogP contribution in [0.3, 0.4) is 0 Å². The summed E-state index contributed by atoms with van der Waals surface area (Å²) in [7, 11) is 4.68. The molecule has 11 nitrogen and oxygen atoms in total. The third-order valence-corrected chi connectivity index (χ3v) is 8.28. The second-order valence-electron chi connectivity index (χ2n) is 10.5. The van der Waals surface area contributed by atoms with E-state index in [9.17, 15) is 14.4 Å². The summed E-state index contributed by atoms with van der Waals surface area (Å²) in [5, 5.41) is 11.4. The van der Waals surface area contributed by atoms with Crippen molar-refractivity contribution in [3.63, 3.8) is 0 Å². The van der Waals surface area contributed by atoms with Gasteiger partial charge in [0.15, 0.2) is 16.6 Å². The summed E-state index contributed by atoms with van der Waals surface area (Å²) in [6.45, 7) is 1.86. The fourth-order valence-corrected chi connectivity index (χ4v) is 6.22. The predicted molar refractivity (Wildman–Crippen MR) is 174 cm³/mol. The van der Waals surface area contributed by atoms with Gasteiger partial charge in [0.05, 0.1) is 38.8 Å². The first kappa shape index (κ1) is 31.5. The topological polar surface area (TPSA) is 141 Å². The fourth-order valence-electron chi connectivity index (χ4n) is 5.49. The molecule has 0 saturated heterocycles. The number of hydrogen-bond acceptors (Lipinski definition) is 10. The molecule has 4 aromatic rings. The molecule has 0 spiro atoms. The number of aryl methyl sites for hydroxylation is 1. The molecular formula is C33H35N5O6S. The predicted octanol–water partition coefficient (Wildman–Crippen LogP) is 5.21. The number of carbonyl (C=O) groups excluding carboxylic acids is 2. The van der Waals surface area contributed by atoms with E-state index in [1.165, 1.54) is 18.3 Å². The van der Waals surface area contributed by atoms with E-state index in [2.05, 4.69) is 25.9 Å². The van der Waals surface area contributed by atoms with Crippen LogP contribution in [0.5, 0.6) is 17.2 Å². The molecule has 0 bridgehead atoms. The van der Waals surface area contributed by atoms with Gasteiger partial charge in [-0.15, -0.1) is 11.3 Å². The summed E-state index contributed by atoms with van der Waals surface area (Å²) in [6.07, 6.45) is 5.34. The van der Waals surface area contributed by atoms with Gasteiger partial charge in [0.1, 0.15) is 0 Å². The fraction of sp³-hybridized carbons (Fsp3) is 0.303. The van der Waals surface area contributed by atoms with Crippen LogP contribution >= 0.6 is 11.3 Å². The number of amides is 2. The van der Waals surface area contributed by atoms with Crippen LogP contribution in [-0.4, -0.2) is 49.7 Å². The summed E-state index contributed by atoms with van der Waals surface area (Å²) in [5.41, 5.74) is 4.94. The number of fused-ring (bicyclic) bond motifs is 3. The second-order valence-corrected chi connectivity index (χ2v) is 11.3. The Bertz CT molecular complexity index is 1760. The van der Waals surface area contributed by atoms with Gasteiger partial charge in [-0.05, 0) is 66.3 Å². The van der Waals surface area contributed by atoms with Crippen molar-refractivity contribution in [3.05, 3.63) is 75.5 Å². The number of rotatable bonds is 11. The minimum Gasteiger partial charge on any atom is -0.493 e. The second kappa shape index (κ2) is 14.2. The van der Waals surface area contributed by atoms with Gasteiger partial charge in [0, 0.05) is 48.8 Å². The number of nitrogens with one attached hydrogen (secondary N) is 3. The van der Waals surface area contributed by atoms with Crippen LogP contribution in [0.2, 0.25) is 0 Å². The number of anilines is 2. The lowest BCUT2D eigenvalue weighted by molar-refractivity contribution is -0.119. The molecule has 2 aromatic carbocycles. The van der Waals surface area contributed by atoms with Gasteiger partial charge in [-0.1, -0.05) is 6.07 Å². The Hall–Kier alpha value is -4.97. The first-order valence-electron chi connectivity index (χ1n) is 14.5. The molecule has 0 aliphatic heterocycles. The van der Waals surface area contributed by atoms with E-state index in [1.54, 1.807) is 45.9 Å². The number of ether oxygens (including phenoxy) is 3. The lowest BCUT2D eigenvalue weighted by Gasteiger charge is -2.19. The van der Waals surface area contributed by atoms with Gasteiger partial charge in [0.25, 0.3) is 0 Å². The van der Waals surface area contributed by atoms with Crippen molar-refractivity contribution in [2.75, 3.05) is 38.5 Å². The molecule has 2 aromatic heterocycles. The van der Waals surface area contributed by atoms with Crippen LogP contribution in [0, 0.1) is 0 Å². The van der Waals surface area contributed by atoms with Crippen molar-refractivity contribution in [1.29, 1.82) is 0 Å². The van der Waals surface area contributed by atoms with Crippen LogP contribution in [0.25, 0.3) is 22.4 Å². The molecule has 45 heavy (non-hydrogen) atoms. The third-order valence-electron chi connectivity index (χ3n) is 7.52. The van der Waals surface area contributed by atoms with Gasteiger partial charge >= 0.3 is 0 Å². The molecule has 3 N–H and O–H groups in total. The highest BCUT2D eigenvalue weighted by Gasteiger charge is 2.29. The van der Waals surface area contributed by atoms with E-state index in [-0.39, 0.29) is 23.7 Å². The zero-order chi connectivity index (χ0) is 31.9. The van der Waals surface area contributed by atoms with Crippen molar-refractivity contribution in [3.8, 4) is 39.6 Å². The average molecular weight is 630 g/mol. The summed E-state index contributed by atoms with van der Waals surface area (Å²) < 4.78 is 17.1. The highest BCUT2D eigenvalue weighted by atomic mass is 32.1. The van der Waals surface area contributed by atoms with Crippen molar-refractivity contribution in [2.45, 2.75) is 38.6 Å². The molecule has 0 unspecified atom stereocenters. The Morgan fingerprint density at radius 2 is 1.89 bits per heavy atom. The number of aromatic nitrogens is 2. The van der Waals surface area contributed by atoms with Crippen molar-refractivity contribution < 1.29 is 23.8 Å². The molecular weight excluding hydrogens is 594 g/mol. The molecule has 2 amide bonds. The molecule has 1 aliphatic carbocycles. The smallest absolute Gasteiger partial charge is 0.226 e. The van der Waals surface area contributed by atoms with E-state index >= 15 is 0 Å². The lowest BCUT2D eigenvalue weighted by atomic mass is 9.95. The lowest BCUT2D eigenvalue weighted by Crippen LogP contribution is -2.26. The number of carbonyl (C=O) groups is 2. The minimum atomic E-state index is -0.396. The Morgan fingerprint density at radius 1 is 1.07 bits per heavy atom. The molecule has 12 heteroatoms. The molecule has 1 aliphatic rings. The standard InChI is InChI=1S/C33H35N5O6S/c1-19(39)36-24-11-9-20-15-28(42-2)31(43-3)32(44-4)30(20)22-10-12-25(27(40)16-23(22)24)35-14-6-8-29(41)38-33-37-26(18-45-33)21-7-5-13-34-17-21/h5,7,10,12-13,15-18,24H,6,8-9,11,14H2,1-4H3,(H,35,40)(H,36,39)(H,37,38,41)/t24-/m1/s1. The zero-order valence-electron chi connectivity index (χ0n) is 25.6. The number of nitrogens with zero attached hydrogens (tertiary/aromatic N) is 2. The summed E-state index contributed by atoms with van der Waals surface area (Å²) in [4.78, 5) is 46.8. The monoisotopic (exact) mass is 629 g/mol. The Balaban J connectivity index is 1.34. The Kier molecular flexibility index (Phi) is 9.93. The van der Waals surface area contributed by atoms with E-state index in [0.717, 1.165) is 27.9 Å². The summed E-state index contributed by atoms with van der Waals surface area (Å²) >= 11 is 1.35. The number of thiazole rings is 1. The first-order chi connectivity index (χ1) is 21.8. The first-order valence-corrected chi connectivity index (χ1v) is 15.4. The molecule has 0 saturated carbocycles. The molecule has 1 atom stereocenters. The van der Waals surface area contributed by atoms with Crippen LogP contribution in [0.1, 0.15) is 43.4 Å². The molecule has 0 radical (unpaired) electrons. The van der Waals surface area contributed by atoms with Gasteiger partial charge < -0.3 is 30.2 Å².